The number of carbonyl (C=O) groups is 2. The summed E-state index contributed by atoms with van der Waals surface area (Å²) < 4.78 is 0. The molecular formula is C24H34N4O2S. The quantitative estimate of drug-likeness (QED) is 0.245. The Kier molecular flexibility index (Phi) is 15.1. The Labute approximate surface area is 190 Å². The number of nitrogens with two attached hydrogens (primary N) is 1. The number of nitrogens with one attached hydrogen (secondary N) is 2. The molecule has 0 heterocycles. The van der Waals surface area contributed by atoms with Gasteiger partial charge >= 0.3 is 0 Å². The normalized spacial score (nSPS) is 9.90. The molecule has 2 aromatic carbocycles. The molecule has 168 valence electrons. The molecule has 0 atom stereocenters. The number of aldehydes is 1. The lowest BCUT2D eigenvalue weighted by Crippen LogP contribution is -2.13. The summed E-state index contributed by atoms with van der Waals surface area (Å²) in [6.45, 7) is 9.28. The highest BCUT2D eigenvalue weighted by Gasteiger charge is 1.98. The number of hydrogen-bond acceptors (Lipinski definition) is 6. The van der Waals surface area contributed by atoms with E-state index in [9.17, 15) is 9.59 Å². The molecule has 0 radical (unpaired) electrons. The fraction of sp³-hybridized carbons (Fsp3) is 0.292. The molecule has 31 heavy (non-hydrogen) atoms. The van der Waals surface area contributed by atoms with Crippen LogP contribution >= 0.6 is 11.8 Å². The molecule has 0 aromatic heterocycles. The van der Waals surface area contributed by atoms with Gasteiger partial charge in [0, 0.05) is 31.4 Å². The molecule has 2 aromatic rings. The van der Waals surface area contributed by atoms with Crippen LogP contribution in [0.1, 0.15) is 34.0 Å². The molecule has 2 rings (SSSR count). The zero-order valence-corrected chi connectivity index (χ0v) is 19.9. The fourth-order valence-electron chi connectivity index (χ4n) is 2.21. The molecule has 0 saturated heterocycles. The topological polar surface area (TPSA) is 96.6 Å². The highest BCUT2D eigenvalue weighted by atomic mass is 32.2. The van der Waals surface area contributed by atoms with Crippen LogP contribution in [0.15, 0.2) is 58.6 Å². The number of benzene rings is 2. The van der Waals surface area contributed by atoms with Crippen molar-refractivity contribution in [3.63, 3.8) is 0 Å². The zero-order chi connectivity index (χ0) is 23.6. The Bertz CT molecular complexity index is 849. The number of thioether (sulfide) groups is 1. The van der Waals surface area contributed by atoms with Crippen LogP contribution in [0.2, 0.25) is 0 Å². The lowest BCUT2D eigenvalue weighted by Gasteiger charge is -2.09. The van der Waals surface area contributed by atoms with E-state index in [1.54, 1.807) is 14.1 Å². The van der Waals surface area contributed by atoms with E-state index in [1.807, 2.05) is 32.0 Å². The Balaban J connectivity index is 0.000000580. The second-order valence-corrected chi connectivity index (χ2v) is 7.47. The van der Waals surface area contributed by atoms with Gasteiger partial charge < -0.3 is 21.4 Å². The van der Waals surface area contributed by atoms with E-state index < -0.39 is 5.91 Å². The lowest BCUT2D eigenvalue weighted by atomic mass is 10.1. The lowest BCUT2D eigenvalue weighted by molar-refractivity contribution is -0.113. The summed E-state index contributed by atoms with van der Waals surface area (Å²) in [5.74, 6) is 0.227. The Hall–Kier alpha value is -3.06. The Morgan fingerprint density at radius 3 is 2.23 bits per heavy atom. The third-order valence-electron chi connectivity index (χ3n) is 4.05. The first-order valence-corrected chi connectivity index (χ1v) is 10.8. The highest BCUT2D eigenvalue weighted by molar-refractivity contribution is 8.03. The third-order valence-corrected chi connectivity index (χ3v) is 4.97. The molecule has 0 spiro atoms. The van der Waals surface area contributed by atoms with Crippen molar-refractivity contribution in [3.8, 4) is 0 Å². The van der Waals surface area contributed by atoms with Crippen LogP contribution in [0.4, 0.5) is 5.69 Å². The van der Waals surface area contributed by atoms with Crippen molar-refractivity contribution in [2.45, 2.75) is 27.2 Å². The first-order chi connectivity index (χ1) is 14.8. The van der Waals surface area contributed by atoms with Gasteiger partial charge in [0.1, 0.15) is 6.29 Å². The van der Waals surface area contributed by atoms with E-state index >= 15 is 0 Å². The Morgan fingerprint density at radius 1 is 1.16 bits per heavy atom. The van der Waals surface area contributed by atoms with Crippen LogP contribution in [-0.2, 0) is 11.2 Å². The second-order valence-electron chi connectivity index (χ2n) is 6.45. The average molecular weight is 443 g/mol. The molecular weight excluding hydrogens is 408 g/mol. The summed E-state index contributed by atoms with van der Waals surface area (Å²) in [4.78, 5) is 24.3. The van der Waals surface area contributed by atoms with Gasteiger partial charge in [-0.05, 0) is 61.9 Å². The predicted octanol–water partition coefficient (Wildman–Crippen LogP) is 4.33. The number of hydrogen-bond donors (Lipinski definition) is 3. The smallest absolute Gasteiger partial charge is 0.244 e. The van der Waals surface area contributed by atoms with Crippen LogP contribution < -0.4 is 16.4 Å². The van der Waals surface area contributed by atoms with Crippen molar-refractivity contribution < 1.29 is 9.59 Å². The van der Waals surface area contributed by atoms with E-state index in [0.717, 1.165) is 29.0 Å². The molecule has 0 aliphatic rings. The van der Waals surface area contributed by atoms with Gasteiger partial charge in [-0.25, -0.2) is 0 Å². The van der Waals surface area contributed by atoms with Crippen LogP contribution in [0.25, 0.3) is 0 Å². The molecule has 1 amide bonds. The predicted molar refractivity (Wildman–Crippen MR) is 135 cm³/mol. The van der Waals surface area contributed by atoms with Crippen molar-refractivity contribution >= 4 is 36.4 Å². The number of carbonyl (C=O) groups excluding carboxylic acids is 2. The van der Waals surface area contributed by atoms with Crippen molar-refractivity contribution in [1.82, 2.24) is 5.32 Å². The summed E-state index contributed by atoms with van der Waals surface area (Å²) in [7, 11) is 3.40. The minimum absolute atomic E-state index is 0.445. The maximum atomic E-state index is 10.7. The number of primary amides is 1. The average Bonchev–Trinajstić information content (AvgIpc) is 2.76. The van der Waals surface area contributed by atoms with Crippen LogP contribution in [-0.4, -0.2) is 38.9 Å². The third kappa shape index (κ3) is 13.0. The van der Waals surface area contributed by atoms with E-state index in [4.69, 9.17) is 5.73 Å². The maximum absolute atomic E-state index is 10.7. The number of nitrogens with zero attached hydrogens (tertiary/aromatic N) is 1. The number of anilines is 1. The summed E-state index contributed by atoms with van der Waals surface area (Å²) in [5, 5.41) is 6.94. The number of rotatable bonds is 8. The van der Waals surface area contributed by atoms with Gasteiger partial charge in [0.15, 0.2) is 0 Å². The molecule has 0 bridgehead atoms. The van der Waals surface area contributed by atoms with E-state index in [0.29, 0.717) is 5.88 Å². The minimum Gasteiger partial charge on any atom is -0.383 e. The molecule has 0 unspecified atom stereocenters. The summed E-state index contributed by atoms with van der Waals surface area (Å²) in [6.07, 6.45) is 3.29. The van der Waals surface area contributed by atoms with E-state index in [-0.39, 0.29) is 0 Å². The molecule has 6 nitrogen and oxygen atoms in total. The molecule has 0 aliphatic carbocycles. The fourth-order valence-corrected chi connectivity index (χ4v) is 2.95. The SMILES string of the molecule is C=NC.CCc1ccc(NCS/C(=C/C(N)=O)NC)cc1.Cc1ccc(C=O)cc1C. The van der Waals surface area contributed by atoms with Gasteiger partial charge in [0.25, 0.3) is 0 Å². The number of amides is 1. The zero-order valence-electron chi connectivity index (χ0n) is 19.1. The van der Waals surface area contributed by atoms with Gasteiger partial charge in [-0.3, -0.25) is 9.59 Å². The van der Waals surface area contributed by atoms with Crippen molar-refractivity contribution in [2.75, 3.05) is 25.3 Å². The largest absolute Gasteiger partial charge is 0.383 e. The van der Waals surface area contributed by atoms with Gasteiger partial charge in [-0.15, -0.1) is 0 Å². The highest BCUT2D eigenvalue weighted by Crippen LogP contribution is 2.15. The van der Waals surface area contributed by atoms with Gasteiger partial charge in [-0.2, -0.15) is 0 Å². The van der Waals surface area contributed by atoms with Crippen LogP contribution in [0.3, 0.4) is 0 Å². The van der Waals surface area contributed by atoms with E-state index in [2.05, 4.69) is 53.5 Å². The van der Waals surface area contributed by atoms with Crippen molar-refractivity contribution in [3.05, 3.63) is 75.8 Å². The van der Waals surface area contributed by atoms with Crippen LogP contribution in [0, 0.1) is 13.8 Å². The molecule has 0 aliphatic heterocycles. The van der Waals surface area contributed by atoms with Crippen molar-refractivity contribution in [2.24, 2.45) is 10.7 Å². The summed E-state index contributed by atoms with van der Waals surface area (Å²) in [6, 6.07) is 14.0. The van der Waals surface area contributed by atoms with Crippen LogP contribution in [0.5, 0.6) is 0 Å². The number of aryl methyl sites for hydroxylation is 3. The summed E-state index contributed by atoms with van der Waals surface area (Å²) >= 11 is 1.49. The Morgan fingerprint density at radius 2 is 1.77 bits per heavy atom. The second kappa shape index (κ2) is 16.7. The molecule has 0 fully saturated rings. The number of aliphatic imine (C=N–C) groups is 1. The standard InChI is InChI=1S/C13H19N3OS.C9H10O.C2H5N/c1-3-10-4-6-11(7-5-10)16-9-18-13(15-2)8-12(14)17;1-7-3-4-9(6-10)5-8(7)2;1-3-2/h4-8,15-16H,3,9H2,1-2H3,(H2,14,17);3-6H,1-2H3;1H2,2H3/b13-8+;;. The van der Waals surface area contributed by atoms with Gasteiger partial charge in [0.05, 0.1) is 10.9 Å². The first kappa shape index (κ1) is 27.9. The van der Waals surface area contributed by atoms with E-state index in [1.165, 1.54) is 34.5 Å². The first-order valence-electron chi connectivity index (χ1n) is 9.82. The molecule has 4 N–H and O–H groups in total. The maximum Gasteiger partial charge on any atom is 0.244 e. The molecule has 7 heteroatoms. The van der Waals surface area contributed by atoms with Gasteiger partial charge in [0.2, 0.25) is 5.91 Å². The van der Waals surface area contributed by atoms with Gasteiger partial charge in [-0.1, -0.05) is 43.0 Å². The minimum atomic E-state index is -0.445. The van der Waals surface area contributed by atoms with Crippen molar-refractivity contribution in [1.29, 1.82) is 0 Å². The molecule has 0 saturated carbocycles. The monoisotopic (exact) mass is 442 g/mol. The summed E-state index contributed by atoms with van der Waals surface area (Å²) in [5.41, 5.74) is 10.6.